The summed E-state index contributed by atoms with van der Waals surface area (Å²) in [5.41, 5.74) is 3.31. The molecule has 0 fully saturated rings. The van der Waals surface area contributed by atoms with Crippen molar-refractivity contribution in [1.82, 2.24) is 10.2 Å². The van der Waals surface area contributed by atoms with Crippen LogP contribution in [0.2, 0.25) is 0 Å². The van der Waals surface area contributed by atoms with Crippen LogP contribution in [-0.4, -0.2) is 16.1 Å². The van der Waals surface area contributed by atoms with Crippen LogP contribution in [0.1, 0.15) is 34.6 Å². The van der Waals surface area contributed by atoms with Gasteiger partial charge in [-0.1, -0.05) is 48.0 Å². The molecule has 0 aliphatic carbocycles. The third kappa shape index (κ3) is 4.41. The molecule has 0 spiro atoms. The van der Waals surface area contributed by atoms with Gasteiger partial charge in [-0.25, -0.2) is 0 Å². The number of nitrogens with one attached hydrogen (secondary N) is 2. The fourth-order valence-corrected chi connectivity index (χ4v) is 2.41. The maximum atomic E-state index is 12.2. The molecule has 3 rings (SSSR count). The quantitative estimate of drug-likeness (QED) is 0.734. The molecule has 0 bridgehead atoms. The first-order valence-electron chi connectivity index (χ1n) is 8.15. The average molecular weight is 332 g/mol. The zero-order valence-electron chi connectivity index (χ0n) is 14.2. The predicted octanol–water partition coefficient (Wildman–Crippen LogP) is 4.21. The number of nitrogens with zero attached hydrogens (tertiary/aromatic N) is 2. The second-order valence-electron chi connectivity index (χ2n) is 5.90. The molecule has 1 heterocycles. The molecule has 2 N–H and O–H groups in total. The number of aromatic nitrogens is 2. The summed E-state index contributed by atoms with van der Waals surface area (Å²) in [6.45, 7) is 4.05. The van der Waals surface area contributed by atoms with Gasteiger partial charge in [0.1, 0.15) is 5.82 Å². The van der Waals surface area contributed by atoms with Crippen molar-refractivity contribution in [2.24, 2.45) is 0 Å². The summed E-state index contributed by atoms with van der Waals surface area (Å²) in [6.07, 6.45) is 0. The molecule has 25 heavy (non-hydrogen) atoms. The minimum absolute atomic E-state index is 0.0998. The van der Waals surface area contributed by atoms with Gasteiger partial charge >= 0.3 is 0 Å². The van der Waals surface area contributed by atoms with Crippen molar-refractivity contribution in [3.8, 4) is 0 Å². The maximum Gasteiger partial charge on any atom is 0.276 e. The van der Waals surface area contributed by atoms with Crippen molar-refractivity contribution >= 4 is 17.4 Å². The Hall–Kier alpha value is -3.21. The molecule has 3 aromatic rings. The number of carbonyl (C=O) groups is 1. The fraction of sp³-hybridized carbons (Fsp3) is 0.150. The summed E-state index contributed by atoms with van der Waals surface area (Å²) < 4.78 is 0. The van der Waals surface area contributed by atoms with Gasteiger partial charge in [-0.15, -0.1) is 10.2 Å². The smallest absolute Gasteiger partial charge is 0.276 e. The van der Waals surface area contributed by atoms with E-state index >= 15 is 0 Å². The van der Waals surface area contributed by atoms with E-state index in [0.29, 0.717) is 5.82 Å². The van der Waals surface area contributed by atoms with Crippen LogP contribution in [0, 0.1) is 6.92 Å². The second-order valence-corrected chi connectivity index (χ2v) is 5.90. The Morgan fingerprint density at radius 2 is 1.64 bits per heavy atom. The number of hydrogen-bond acceptors (Lipinski definition) is 4. The third-order valence-corrected chi connectivity index (χ3v) is 3.87. The molecule has 5 heteroatoms. The standard InChI is InChI=1S/C20H20N4O/c1-14-8-10-17(11-9-14)22-20(25)18-12-13-19(24-23-18)21-15(2)16-6-4-3-5-7-16/h3-13,15H,1-2H3,(H,21,24)(H,22,25). The number of anilines is 2. The topological polar surface area (TPSA) is 66.9 Å². The van der Waals surface area contributed by atoms with E-state index in [1.54, 1.807) is 12.1 Å². The van der Waals surface area contributed by atoms with Gasteiger partial charge in [0.25, 0.3) is 5.91 Å². The third-order valence-electron chi connectivity index (χ3n) is 3.87. The largest absolute Gasteiger partial charge is 0.362 e. The molecular formula is C20H20N4O. The van der Waals surface area contributed by atoms with E-state index in [1.807, 2.05) is 49.4 Å². The monoisotopic (exact) mass is 332 g/mol. The summed E-state index contributed by atoms with van der Waals surface area (Å²) >= 11 is 0. The SMILES string of the molecule is Cc1ccc(NC(=O)c2ccc(NC(C)c3ccccc3)nn2)cc1. The minimum atomic E-state index is -0.279. The molecule has 0 aliphatic rings. The number of carbonyl (C=O) groups excluding carboxylic acids is 1. The van der Waals surface area contributed by atoms with Crippen LogP contribution >= 0.6 is 0 Å². The first-order chi connectivity index (χ1) is 12.1. The Morgan fingerprint density at radius 1 is 0.920 bits per heavy atom. The van der Waals surface area contributed by atoms with E-state index in [0.717, 1.165) is 16.8 Å². The normalized spacial score (nSPS) is 11.6. The summed E-state index contributed by atoms with van der Waals surface area (Å²) in [5, 5.41) is 14.2. The van der Waals surface area contributed by atoms with Crippen LogP contribution in [0.15, 0.2) is 66.7 Å². The van der Waals surface area contributed by atoms with Crippen LogP contribution in [-0.2, 0) is 0 Å². The van der Waals surface area contributed by atoms with Crippen LogP contribution < -0.4 is 10.6 Å². The molecule has 0 aliphatic heterocycles. The van der Waals surface area contributed by atoms with Gasteiger partial charge in [-0.05, 0) is 43.7 Å². The van der Waals surface area contributed by atoms with Crippen LogP contribution in [0.25, 0.3) is 0 Å². The highest BCUT2D eigenvalue weighted by Crippen LogP contribution is 2.17. The molecule has 1 aromatic heterocycles. The lowest BCUT2D eigenvalue weighted by atomic mass is 10.1. The Kier molecular flexibility index (Phi) is 5.04. The van der Waals surface area contributed by atoms with Crippen molar-refractivity contribution in [3.05, 3.63) is 83.6 Å². The molecule has 2 aromatic carbocycles. The average Bonchev–Trinajstić information content (AvgIpc) is 2.65. The van der Waals surface area contributed by atoms with E-state index in [4.69, 9.17) is 0 Å². The number of aryl methyl sites for hydroxylation is 1. The van der Waals surface area contributed by atoms with E-state index in [2.05, 4.69) is 39.9 Å². The Labute approximate surface area is 147 Å². The summed E-state index contributed by atoms with van der Waals surface area (Å²) in [7, 11) is 0. The van der Waals surface area contributed by atoms with Gasteiger partial charge in [-0.2, -0.15) is 0 Å². The lowest BCUT2D eigenvalue weighted by Crippen LogP contribution is -2.15. The van der Waals surface area contributed by atoms with Gasteiger partial charge in [0.15, 0.2) is 5.69 Å². The van der Waals surface area contributed by atoms with Crippen molar-refractivity contribution in [2.75, 3.05) is 10.6 Å². The molecule has 0 saturated carbocycles. The lowest BCUT2D eigenvalue weighted by Gasteiger charge is -2.14. The van der Waals surface area contributed by atoms with Gasteiger partial charge < -0.3 is 10.6 Å². The molecular weight excluding hydrogens is 312 g/mol. The van der Waals surface area contributed by atoms with Crippen LogP contribution in [0.5, 0.6) is 0 Å². The Bertz CT molecular complexity index is 830. The Morgan fingerprint density at radius 3 is 2.28 bits per heavy atom. The van der Waals surface area contributed by atoms with Crippen molar-refractivity contribution < 1.29 is 4.79 Å². The number of hydrogen-bond donors (Lipinski definition) is 2. The zero-order chi connectivity index (χ0) is 17.6. The van der Waals surface area contributed by atoms with Crippen molar-refractivity contribution in [3.63, 3.8) is 0 Å². The predicted molar refractivity (Wildman–Crippen MR) is 99.6 cm³/mol. The highest BCUT2D eigenvalue weighted by molar-refractivity contribution is 6.02. The summed E-state index contributed by atoms with van der Waals surface area (Å²) in [4.78, 5) is 12.2. The maximum absolute atomic E-state index is 12.2. The lowest BCUT2D eigenvalue weighted by molar-refractivity contribution is 0.102. The van der Waals surface area contributed by atoms with E-state index in [9.17, 15) is 4.79 Å². The first kappa shape index (κ1) is 16.6. The first-order valence-corrected chi connectivity index (χ1v) is 8.15. The van der Waals surface area contributed by atoms with E-state index in [-0.39, 0.29) is 17.6 Å². The molecule has 0 saturated heterocycles. The van der Waals surface area contributed by atoms with E-state index < -0.39 is 0 Å². The number of amides is 1. The van der Waals surface area contributed by atoms with Crippen molar-refractivity contribution in [1.29, 1.82) is 0 Å². The van der Waals surface area contributed by atoms with Crippen molar-refractivity contribution in [2.45, 2.75) is 19.9 Å². The van der Waals surface area contributed by atoms with Gasteiger partial charge in [0.05, 0.1) is 0 Å². The van der Waals surface area contributed by atoms with E-state index in [1.165, 1.54) is 0 Å². The Balaban J connectivity index is 1.63. The molecule has 0 radical (unpaired) electrons. The van der Waals surface area contributed by atoms with Gasteiger partial charge in [0, 0.05) is 11.7 Å². The van der Waals surface area contributed by atoms with Crippen LogP contribution in [0.3, 0.4) is 0 Å². The highest BCUT2D eigenvalue weighted by Gasteiger charge is 2.10. The van der Waals surface area contributed by atoms with Gasteiger partial charge in [0.2, 0.25) is 0 Å². The minimum Gasteiger partial charge on any atom is -0.362 e. The molecule has 1 amide bonds. The van der Waals surface area contributed by atoms with Crippen LogP contribution in [0.4, 0.5) is 11.5 Å². The molecule has 1 atom stereocenters. The zero-order valence-corrected chi connectivity index (χ0v) is 14.2. The molecule has 1 unspecified atom stereocenters. The molecule has 126 valence electrons. The second kappa shape index (κ2) is 7.57. The molecule has 5 nitrogen and oxygen atoms in total. The summed E-state index contributed by atoms with van der Waals surface area (Å²) in [6, 6.07) is 21.2. The summed E-state index contributed by atoms with van der Waals surface area (Å²) in [5.74, 6) is 0.349. The fourth-order valence-electron chi connectivity index (χ4n) is 2.41. The number of benzene rings is 2. The van der Waals surface area contributed by atoms with Gasteiger partial charge in [-0.3, -0.25) is 4.79 Å². The highest BCUT2D eigenvalue weighted by atomic mass is 16.1. The number of rotatable bonds is 5.